The summed E-state index contributed by atoms with van der Waals surface area (Å²) in [7, 11) is 4.48. The summed E-state index contributed by atoms with van der Waals surface area (Å²) in [5.74, 6) is 0.426. The van der Waals surface area contributed by atoms with Gasteiger partial charge >= 0.3 is 0 Å². The van der Waals surface area contributed by atoms with E-state index < -0.39 is 5.60 Å². The van der Waals surface area contributed by atoms with Crippen LogP contribution in [0.1, 0.15) is 36.8 Å². The molecule has 0 heterocycles. The molecule has 0 aromatic heterocycles. The van der Waals surface area contributed by atoms with Crippen LogP contribution in [0.25, 0.3) is 0 Å². The Bertz CT molecular complexity index is 698. The zero-order valence-corrected chi connectivity index (χ0v) is 15.4. The Morgan fingerprint density at radius 3 is 2.52 bits per heavy atom. The minimum atomic E-state index is -0.844. The fourth-order valence-electron chi connectivity index (χ4n) is 4.36. The van der Waals surface area contributed by atoms with Crippen molar-refractivity contribution in [3.8, 4) is 5.75 Å². The number of benzene rings is 2. The Kier molecular flexibility index (Phi) is 5.16. The Morgan fingerprint density at radius 2 is 1.80 bits per heavy atom. The van der Waals surface area contributed by atoms with Crippen LogP contribution in [0.15, 0.2) is 54.6 Å². The number of aliphatic hydroxyl groups is 1. The smallest absolute Gasteiger partial charge is 0.115 e. The van der Waals surface area contributed by atoms with Gasteiger partial charge in [0.05, 0.1) is 26.2 Å². The van der Waals surface area contributed by atoms with Crippen molar-refractivity contribution in [3.63, 3.8) is 0 Å². The zero-order valence-electron chi connectivity index (χ0n) is 15.4. The fourth-order valence-corrected chi connectivity index (χ4v) is 4.36. The number of hydrogen-bond acceptors (Lipinski definition) is 2. The lowest BCUT2D eigenvalue weighted by Crippen LogP contribution is -2.50. The number of rotatable bonds is 5. The predicted molar refractivity (Wildman–Crippen MR) is 101 cm³/mol. The third-order valence-electron chi connectivity index (χ3n) is 5.55. The number of nitrogens with zero attached hydrogens (tertiary/aromatic N) is 1. The van der Waals surface area contributed by atoms with Gasteiger partial charge in [-0.25, -0.2) is 0 Å². The Hall–Kier alpha value is -1.84. The lowest BCUT2D eigenvalue weighted by atomic mass is 9.71. The second-order valence-electron chi connectivity index (χ2n) is 8.18. The normalized spacial score (nSPS) is 24.2. The van der Waals surface area contributed by atoms with E-state index in [4.69, 9.17) is 0 Å². The molecule has 2 aromatic rings. The molecule has 25 heavy (non-hydrogen) atoms. The van der Waals surface area contributed by atoms with Crippen LogP contribution in [-0.4, -0.2) is 35.3 Å². The third kappa shape index (κ3) is 4.23. The second-order valence-corrected chi connectivity index (χ2v) is 8.18. The lowest BCUT2D eigenvalue weighted by molar-refractivity contribution is -0.908. The molecule has 3 heteroatoms. The summed E-state index contributed by atoms with van der Waals surface area (Å²) >= 11 is 0. The van der Waals surface area contributed by atoms with Gasteiger partial charge in [-0.2, -0.15) is 0 Å². The first-order valence-electron chi connectivity index (χ1n) is 9.27. The molecule has 1 aliphatic carbocycles. The van der Waals surface area contributed by atoms with Crippen LogP contribution in [0.5, 0.6) is 5.75 Å². The molecule has 1 unspecified atom stereocenters. The minimum absolute atomic E-state index is 0.196. The van der Waals surface area contributed by atoms with Crippen LogP contribution in [0.4, 0.5) is 0 Å². The molecule has 0 radical (unpaired) electrons. The summed E-state index contributed by atoms with van der Waals surface area (Å²) in [6.45, 7) is 1.87. The van der Waals surface area contributed by atoms with Crippen molar-refractivity contribution in [2.75, 3.05) is 20.6 Å². The molecule has 0 saturated heterocycles. The Balaban J connectivity index is 1.81. The molecule has 0 aliphatic heterocycles. The Morgan fingerprint density at radius 1 is 1.04 bits per heavy atom. The number of hydrogen-bond donors (Lipinski definition) is 2. The second kappa shape index (κ2) is 7.19. The van der Waals surface area contributed by atoms with Gasteiger partial charge in [0.1, 0.15) is 12.3 Å². The van der Waals surface area contributed by atoms with Crippen LogP contribution in [0, 0.1) is 5.92 Å². The SMILES string of the molecule is C[N+](C)(Cc1ccccc1)CC1CCCC[C@]1(O)c1cccc(O)c1. The highest BCUT2D eigenvalue weighted by Gasteiger charge is 2.43. The molecule has 1 fully saturated rings. The van der Waals surface area contributed by atoms with Crippen LogP contribution >= 0.6 is 0 Å². The van der Waals surface area contributed by atoms with E-state index in [9.17, 15) is 10.2 Å². The summed E-state index contributed by atoms with van der Waals surface area (Å²) < 4.78 is 0.843. The number of aromatic hydroxyl groups is 1. The van der Waals surface area contributed by atoms with E-state index in [1.54, 1.807) is 12.1 Å². The lowest BCUT2D eigenvalue weighted by Gasteiger charge is -2.44. The third-order valence-corrected chi connectivity index (χ3v) is 5.55. The number of quaternary nitrogens is 1. The van der Waals surface area contributed by atoms with E-state index in [1.165, 1.54) is 5.56 Å². The highest BCUT2D eigenvalue weighted by atomic mass is 16.3. The van der Waals surface area contributed by atoms with Crippen molar-refractivity contribution in [2.24, 2.45) is 5.92 Å². The molecule has 1 saturated carbocycles. The highest BCUT2D eigenvalue weighted by molar-refractivity contribution is 5.32. The zero-order chi connectivity index (χ0) is 17.9. The summed E-state index contributed by atoms with van der Waals surface area (Å²) in [6, 6.07) is 17.7. The number of phenols is 1. The molecular formula is C22H30NO2+. The van der Waals surface area contributed by atoms with Crippen molar-refractivity contribution in [2.45, 2.75) is 37.8 Å². The molecular weight excluding hydrogens is 310 g/mol. The molecule has 134 valence electrons. The van der Waals surface area contributed by atoms with Crippen LogP contribution in [0.2, 0.25) is 0 Å². The van der Waals surface area contributed by atoms with E-state index in [2.05, 4.69) is 38.4 Å². The van der Waals surface area contributed by atoms with Crippen LogP contribution < -0.4 is 0 Å². The summed E-state index contributed by atoms with van der Waals surface area (Å²) in [5.41, 5.74) is 1.34. The largest absolute Gasteiger partial charge is 0.508 e. The minimum Gasteiger partial charge on any atom is -0.508 e. The first-order valence-corrected chi connectivity index (χ1v) is 9.27. The van der Waals surface area contributed by atoms with Crippen molar-refractivity contribution < 1.29 is 14.7 Å². The van der Waals surface area contributed by atoms with Gasteiger partial charge in [-0.05, 0) is 30.5 Å². The quantitative estimate of drug-likeness (QED) is 0.806. The van der Waals surface area contributed by atoms with Gasteiger partial charge in [-0.3, -0.25) is 0 Å². The maximum Gasteiger partial charge on any atom is 0.115 e. The van der Waals surface area contributed by atoms with Gasteiger partial charge in [0.25, 0.3) is 0 Å². The van der Waals surface area contributed by atoms with Crippen molar-refractivity contribution in [3.05, 3.63) is 65.7 Å². The van der Waals surface area contributed by atoms with Crippen molar-refractivity contribution in [1.29, 1.82) is 0 Å². The average Bonchev–Trinajstić information content (AvgIpc) is 2.57. The van der Waals surface area contributed by atoms with E-state index in [0.717, 1.165) is 48.8 Å². The maximum atomic E-state index is 11.5. The number of phenolic OH excluding ortho intramolecular Hbond substituents is 1. The molecule has 0 spiro atoms. The van der Waals surface area contributed by atoms with Gasteiger partial charge in [0.15, 0.2) is 0 Å². The van der Waals surface area contributed by atoms with E-state index in [1.807, 2.05) is 18.2 Å². The van der Waals surface area contributed by atoms with E-state index in [0.29, 0.717) is 0 Å². The first-order chi connectivity index (χ1) is 11.9. The van der Waals surface area contributed by atoms with Gasteiger partial charge < -0.3 is 14.7 Å². The molecule has 2 atom stereocenters. The molecule has 0 bridgehead atoms. The highest BCUT2D eigenvalue weighted by Crippen LogP contribution is 2.43. The van der Waals surface area contributed by atoms with Crippen molar-refractivity contribution >= 4 is 0 Å². The van der Waals surface area contributed by atoms with E-state index >= 15 is 0 Å². The molecule has 2 N–H and O–H groups in total. The average molecular weight is 340 g/mol. The van der Waals surface area contributed by atoms with Crippen LogP contribution in [-0.2, 0) is 12.1 Å². The van der Waals surface area contributed by atoms with Gasteiger partial charge in [0.2, 0.25) is 0 Å². The molecule has 2 aromatic carbocycles. The molecule has 0 amide bonds. The van der Waals surface area contributed by atoms with Gasteiger partial charge in [0, 0.05) is 11.5 Å². The maximum absolute atomic E-state index is 11.5. The van der Waals surface area contributed by atoms with Gasteiger partial charge in [-0.15, -0.1) is 0 Å². The monoisotopic (exact) mass is 340 g/mol. The molecule has 1 aliphatic rings. The standard InChI is InChI=1S/C22H29NO2/c1-23(2,16-18-9-4-3-5-10-18)17-20-11-6-7-14-22(20,25)19-12-8-13-21(24)15-19/h3-5,8-10,12-13,15,20,25H,6-7,11,14,16-17H2,1-2H3/p+1/t20?,22-/m0/s1. The van der Waals surface area contributed by atoms with Gasteiger partial charge in [-0.1, -0.05) is 55.3 Å². The first kappa shape index (κ1) is 18.0. The molecule has 3 rings (SSSR count). The summed E-state index contributed by atoms with van der Waals surface area (Å²) in [6.07, 6.45) is 4.00. The van der Waals surface area contributed by atoms with Crippen LogP contribution in [0.3, 0.4) is 0 Å². The summed E-state index contributed by atoms with van der Waals surface area (Å²) in [5, 5.41) is 21.4. The topological polar surface area (TPSA) is 40.5 Å². The van der Waals surface area contributed by atoms with Crippen molar-refractivity contribution in [1.82, 2.24) is 0 Å². The van der Waals surface area contributed by atoms with E-state index in [-0.39, 0.29) is 11.7 Å². The molecule has 3 nitrogen and oxygen atoms in total. The fraction of sp³-hybridized carbons (Fsp3) is 0.455. The summed E-state index contributed by atoms with van der Waals surface area (Å²) in [4.78, 5) is 0. The predicted octanol–water partition coefficient (Wildman–Crippen LogP) is 4.05. The Labute approximate surface area is 151 Å².